The average Bonchev–Trinajstić information content (AvgIpc) is 3.73. The van der Waals surface area contributed by atoms with Gasteiger partial charge < -0.3 is 14.5 Å². The summed E-state index contributed by atoms with van der Waals surface area (Å²) in [6.07, 6.45) is 4.24. The molecular formula is C47H46N4O. The fourth-order valence-electron chi connectivity index (χ4n) is 7.31. The molecule has 1 aliphatic rings. The number of hydrogen-bond acceptors (Lipinski definition) is 4. The molecule has 2 aromatic heterocycles. The van der Waals surface area contributed by atoms with E-state index in [1.165, 1.54) is 44.4 Å². The minimum absolute atomic E-state index is 0.00831. The fourth-order valence-corrected chi connectivity index (χ4v) is 7.31. The van der Waals surface area contributed by atoms with Crippen molar-refractivity contribution in [1.82, 2.24) is 9.55 Å². The molecule has 0 unspecified atom stereocenters. The molecule has 7 aromatic rings. The van der Waals surface area contributed by atoms with Gasteiger partial charge in [0.05, 0.1) is 23.4 Å². The quantitative estimate of drug-likeness (QED) is 0.175. The minimum atomic E-state index is -0.0842. The van der Waals surface area contributed by atoms with E-state index in [1.807, 2.05) is 12.3 Å². The zero-order chi connectivity index (χ0) is 36.2. The van der Waals surface area contributed by atoms with Gasteiger partial charge in [-0.2, -0.15) is 0 Å². The van der Waals surface area contributed by atoms with Crippen LogP contribution in [0.15, 0.2) is 145 Å². The number of ether oxygens (including phenoxy) is 1. The van der Waals surface area contributed by atoms with Gasteiger partial charge in [-0.25, -0.2) is 4.98 Å². The first-order chi connectivity index (χ1) is 24.9. The first-order valence-corrected chi connectivity index (χ1v) is 18.1. The average molecular weight is 683 g/mol. The molecule has 0 aliphatic carbocycles. The van der Waals surface area contributed by atoms with Crippen LogP contribution in [0.4, 0.5) is 11.4 Å². The maximum atomic E-state index is 6.68. The Hall–Kier alpha value is -5.81. The third kappa shape index (κ3) is 6.21. The molecule has 5 aromatic carbocycles. The molecule has 0 bridgehead atoms. The molecular weight excluding hydrogens is 637 g/mol. The summed E-state index contributed by atoms with van der Waals surface area (Å²) in [5.41, 5.74) is 10.6. The van der Waals surface area contributed by atoms with Crippen LogP contribution in [0.3, 0.4) is 0 Å². The predicted octanol–water partition coefficient (Wildman–Crippen LogP) is 12.4. The molecule has 0 saturated heterocycles. The number of rotatable bonds is 6. The number of allylic oxidation sites excluding steroid dienone is 1. The lowest BCUT2D eigenvalue weighted by atomic mass is 9.88. The Morgan fingerprint density at radius 1 is 0.635 bits per heavy atom. The third-order valence-corrected chi connectivity index (χ3v) is 10.0. The number of fused-ring (bicyclic) bond motifs is 3. The van der Waals surface area contributed by atoms with Crippen LogP contribution in [0.2, 0.25) is 0 Å². The molecule has 1 aliphatic heterocycles. The normalized spacial score (nSPS) is 13.6. The fraction of sp³-hybridized carbons (Fsp3) is 0.213. The SMILES string of the molecule is Cc1ccc(-c2ccccc2)c(N2C=C(C(C)(C)C)N(c3cccc(Oc4ccc5c6ccccc6n(-c6cc(C(C)(C)C)ccn6)c5c4)c3)C2)c1. The van der Waals surface area contributed by atoms with Crippen molar-refractivity contribution in [2.75, 3.05) is 16.5 Å². The second kappa shape index (κ2) is 12.8. The van der Waals surface area contributed by atoms with Crippen LogP contribution in [0.1, 0.15) is 52.7 Å². The van der Waals surface area contributed by atoms with E-state index in [9.17, 15) is 0 Å². The number of benzene rings is 5. The van der Waals surface area contributed by atoms with Crippen LogP contribution < -0.4 is 14.5 Å². The summed E-state index contributed by atoms with van der Waals surface area (Å²) in [6, 6.07) is 45.1. The number of aryl methyl sites for hydroxylation is 1. The lowest BCUT2D eigenvalue weighted by molar-refractivity contribution is 0.481. The van der Waals surface area contributed by atoms with Crippen molar-refractivity contribution in [2.24, 2.45) is 5.41 Å². The van der Waals surface area contributed by atoms with Gasteiger partial charge in [-0.1, -0.05) is 108 Å². The van der Waals surface area contributed by atoms with Crippen LogP contribution in [-0.4, -0.2) is 16.2 Å². The molecule has 8 rings (SSSR count). The summed E-state index contributed by atoms with van der Waals surface area (Å²) in [7, 11) is 0. The largest absolute Gasteiger partial charge is 0.457 e. The zero-order valence-electron chi connectivity index (χ0n) is 31.2. The second-order valence-corrected chi connectivity index (χ2v) is 16.0. The van der Waals surface area contributed by atoms with Crippen LogP contribution in [0.5, 0.6) is 11.5 Å². The number of hydrogen-bond donors (Lipinski definition) is 0. The van der Waals surface area contributed by atoms with Crippen LogP contribution >= 0.6 is 0 Å². The van der Waals surface area contributed by atoms with E-state index in [2.05, 4.69) is 190 Å². The number of anilines is 2. The van der Waals surface area contributed by atoms with Crippen molar-refractivity contribution in [2.45, 2.75) is 53.9 Å². The molecule has 0 radical (unpaired) electrons. The number of aromatic nitrogens is 2. The first-order valence-electron chi connectivity index (χ1n) is 18.1. The van der Waals surface area contributed by atoms with Crippen molar-refractivity contribution >= 4 is 33.2 Å². The van der Waals surface area contributed by atoms with Gasteiger partial charge in [0.1, 0.15) is 17.3 Å². The summed E-state index contributed by atoms with van der Waals surface area (Å²) in [4.78, 5) is 9.66. The van der Waals surface area contributed by atoms with E-state index >= 15 is 0 Å². The number of nitrogens with zero attached hydrogens (tertiary/aromatic N) is 4. The summed E-state index contributed by atoms with van der Waals surface area (Å²) < 4.78 is 8.94. The van der Waals surface area contributed by atoms with Crippen molar-refractivity contribution in [3.63, 3.8) is 0 Å². The lowest BCUT2D eigenvalue weighted by Gasteiger charge is -2.31. The smallest absolute Gasteiger partial charge is 0.137 e. The highest BCUT2D eigenvalue weighted by atomic mass is 16.5. The summed E-state index contributed by atoms with van der Waals surface area (Å²) in [6.45, 7) is 16.4. The van der Waals surface area contributed by atoms with Gasteiger partial charge in [0.25, 0.3) is 0 Å². The van der Waals surface area contributed by atoms with Crippen molar-refractivity contribution in [3.8, 4) is 28.4 Å². The molecule has 0 amide bonds. The van der Waals surface area contributed by atoms with Crippen LogP contribution in [-0.2, 0) is 5.41 Å². The molecule has 5 nitrogen and oxygen atoms in total. The Morgan fingerprint density at radius 3 is 2.17 bits per heavy atom. The van der Waals surface area contributed by atoms with Gasteiger partial charge in [0, 0.05) is 57.7 Å². The molecule has 3 heterocycles. The zero-order valence-corrected chi connectivity index (χ0v) is 31.2. The molecule has 0 spiro atoms. The second-order valence-electron chi connectivity index (χ2n) is 16.0. The van der Waals surface area contributed by atoms with Gasteiger partial charge in [-0.15, -0.1) is 0 Å². The van der Waals surface area contributed by atoms with Crippen LogP contribution in [0, 0.1) is 12.3 Å². The summed E-state index contributed by atoms with van der Waals surface area (Å²) in [5, 5.41) is 2.36. The predicted molar refractivity (Wildman–Crippen MR) is 218 cm³/mol. The van der Waals surface area contributed by atoms with E-state index in [1.54, 1.807) is 0 Å². The van der Waals surface area contributed by atoms with Gasteiger partial charge in [-0.3, -0.25) is 4.57 Å². The Morgan fingerprint density at radius 2 is 1.38 bits per heavy atom. The maximum absolute atomic E-state index is 6.68. The highest BCUT2D eigenvalue weighted by Gasteiger charge is 2.32. The molecule has 0 atom stereocenters. The Labute approximate surface area is 307 Å². The van der Waals surface area contributed by atoms with E-state index < -0.39 is 0 Å². The highest BCUT2D eigenvalue weighted by Crippen LogP contribution is 2.42. The Bertz CT molecular complexity index is 2460. The Kier molecular flexibility index (Phi) is 8.18. The molecule has 0 saturated carbocycles. The van der Waals surface area contributed by atoms with Gasteiger partial charge >= 0.3 is 0 Å². The molecule has 52 heavy (non-hydrogen) atoms. The standard InChI is InChI=1S/C47H46N4O/c1-32-20-22-38(33-14-9-8-10-15-33)42(26-32)49-30-44(47(5,6)7)50(31-49)35-16-13-17-36(28-35)52-37-21-23-40-39-18-11-12-19-41(39)51(43(40)29-37)45-27-34(24-25-48-45)46(2,3)4/h8-30H,31H2,1-7H3. The van der Waals surface area contributed by atoms with E-state index in [0.717, 1.165) is 34.0 Å². The lowest BCUT2D eigenvalue weighted by Crippen LogP contribution is -2.30. The van der Waals surface area contributed by atoms with E-state index in [0.29, 0.717) is 6.67 Å². The molecule has 0 N–H and O–H groups in total. The first kappa shape index (κ1) is 33.3. The van der Waals surface area contributed by atoms with E-state index in [-0.39, 0.29) is 10.8 Å². The van der Waals surface area contributed by atoms with Crippen LogP contribution in [0.25, 0.3) is 38.8 Å². The highest BCUT2D eigenvalue weighted by molar-refractivity contribution is 6.09. The Balaban J connectivity index is 1.15. The maximum Gasteiger partial charge on any atom is 0.137 e. The molecule has 260 valence electrons. The van der Waals surface area contributed by atoms with Gasteiger partial charge in [-0.05, 0) is 77.6 Å². The van der Waals surface area contributed by atoms with Gasteiger partial charge in [0.2, 0.25) is 0 Å². The number of para-hydroxylation sites is 1. The van der Waals surface area contributed by atoms with Gasteiger partial charge in [0.15, 0.2) is 0 Å². The van der Waals surface area contributed by atoms with Crippen molar-refractivity contribution in [1.29, 1.82) is 0 Å². The van der Waals surface area contributed by atoms with Crippen molar-refractivity contribution < 1.29 is 4.74 Å². The van der Waals surface area contributed by atoms with Crippen molar-refractivity contribution in [3.05, 3.63) is 157 Å². The minimum Gasteiger partial charge on any atom is -0.457 e. The van der Waals surface area contributed by atoms with E-state index in [4.69, 9.17) is 9.72 Å². The molecule has 5 heteroatoms. The monoisotopic (exact) mass is 682 g/mol. The summed E-state index contributed by atoms with van der Waals surface area (Å²) in [5.74, 6) is 2.48. The third-order valence-electron chi connectivity index (χ3n) is 10.0. The number of pyridine rings is 1. The molecule has 0 fully saturated rings. The topological polar surface area (TPSA) is 33.5 Å². The summed E-state index contributed by atoms with van der Waals surface area (Å²) >= 11 is 0.